The Bertz CT molecular complexity index is 892. The summed E-state index contributed by atoms with van der Waals surface area (Å²) < 4.78 is 18.3. The quantitative estimate of drug-likeness (QED) is 0.0794. The molecular weight excluding hydrogens is 443 g/mol. The van der Waals surface area contributed by atoms with Gasteiger partial charge in [-0.3, -0.25) is 10.2 Å². The normalized spacial score (nSPS) is 13.3. The molecule has 8 nitrogen and oxygen atoms in total. The molecule has 0 saturated carbocycles. The first-order valence-corrected chi connectivity index (χ1v) is 12.3. The first kappa shape index (κ1) is 26.3. The van der Waals surface area contributed by atoms with Crippen molar-refractivity contribution >= 4 is 33.7 Å². The maximum Gasteiger partial charge on any atom is 0.329 e. The number of halogens is 1. The fraction of sp³-hybridized carbons (Fsp3) is 0.318. The molecule has 0 fully saturated rings. The summed E-state index contributed by atoms with van der Waals surface area (Å²) in [6.45, 7) is 0.472. The Labute approximate surface area is 195 Å². The van der Waals surface area contributed by atoms with Gasteiger partial charge in [-0.1, -0.05) is 60.7 Å². The summed E-state index contributed by atoms with van der Waals surface area (Å²) >= 11 is 0. The molecule has 11 heteroatoms. The molecule has 176 valence electrons. The van der Waals surface area contributed by atoms with Crippen LogP contribution < -0.4 is 21.5 Å². The van der Waals surface area contributed by atoms with E-state index >= 15 is 0 Å². The zero-order valence-corrected chi connectivity index (χ0v) is 19.5. The zero-order valence-electron chi connectivity index (χ0n) is 18.6. The Morgan fingerprint density at radius 1 is 1.09 bits per heavy atom. The summed E-state index contributed by atoms with van der Waals surface area (Å²) in [5.74, 6) is -1.10. The van der Waals surface area contributed by atoms with E-state index in [4.69, 9.17) is 15.9 Å². The number of guanidine groups is 1. The maximum atomic E-state index is 12.9. The van der Waals surface area contributed by atoms with E-state index in [2.05, 4.69) is 15.7 Å². The summed E-state index contributed by atoms with van der Waals surface area (Å²) in [5.41, 5.74) is 7.74. The summed E-state index contributed by atoms with van der Waals surface area (Å²) in [6, 6.07) is 16.9. The smallest absolute Gasteiger partial charge is 0.329 e. The molecule has 0 bridgehead atoms. The van der Waals surface area contributed by atoms with Crippen molar-refractivity contribution < 1.29 is 18.5 Å². The topological polar surface area (TPSA) is 129 Å². The highest BCUT2D eigenvalue weighted by Gasteiger charge is 2.25. The first-order chi connectivity index (χ1) is 15.8. The monoisotopic (exact) mass is 473 g/mol. The fourth-order valence-electron chi connectivity index (χ4n) is 3.01. The SMILES string of the molecule is BP(F)NC(=N)NCCC[C@@H](N)C(=O)N[C@@H](Cc1ccccc1)C(=O)OCc1ccccc1. The standard InChI is InChI=1S/C22H30BFN5O3P/c23-33(24)29-22(26)27-13-7-12-18(25)20(30)28-19(14-16-8-3-1-4-9-16)21(31)32-15-17-10-5-2-6-11-17/h1-6,8-11,18-19H,7,12-15,23,25H2,(H,28,30)(H3,26,27,29)/t18-,19+,33?/m1/s1. The highest BCUT2D eigenvalue weighted by atomic mass is 31.2. The van der Waals surface area contributed by atoms with E-state index in [1.807, 2.05) is 60.7 Å². The lowest BCUT2D eigenvalue weighted by Gasteiger charge is -2.20. The van der Waals surface area contributed by atoms with Crippen LogP contribution in [0, 0.1) is 5.41 Å². The van der Waals surface area contributed by atoms with Gasteiger partial charge < -0.3 is 26.2 Å². The van der Waals surface area contributed by atoms with Gasteiger partial charge >= 0.3 is 5.97 Å². The molecule has 33 heavy (non-hydrogen) atoms. The molecule has 0 aliphatic heterocycles. The van der Waals surface area contributed by atoms with E-state index in [9.17, 15) is 13.8 Å². The lowest BCUT2D eigenvalue weighted by atomic mass is 10.0. The van der Waals surface area contributed by atoms with Gasteiger partial charge in [-0.05, 0) is 24.0 Å². The molecule has 1 unspecified atom stereocenters. The fourth-order valence-corrected chi connectivity index (χ4v) is 3.40. The second kappa shape index (κ2) is 14.2. The van der Waals surface area contributed by atoms with Crippen LogP contribution in [-0.4, -0.2) is 44.0 Å². The van der Waals surface area contributed by atoms with Crippen LogP contribution in [0.4, 0.5) is 4.20 Å². The molecule has 6 N–H and O–H groups in total. The average molecular weight is 473 g/mol. The number of carbonyl (C=O) groups is 2. The van der Waals surface area contributed by atoms with Crippen LogP contribution in [0.1, 0.15) is 24.0 Å². The van der Waals surface area contributed by atoms with Gasteiger partial charge in [-0.2, -0.15) is 0 Å². The predicted octanol–water partition coefficient (Wildman–Crippen LogP) is 1.51. The molecule has 0 aliphatic carbocycles. The third-order valence-electron chi connectivity index (χ3n) is 4.70. The molecule has 0 radical (unpaired) electrons. The molecule has 0 saturated heterocycles. The molecule has 0 aromatic heterocycles. The van der Waals surface area contributed by atoms with Crippen molar-refractivity contribution in [2.45, 2.75) is 38.0 Å². The second-order valence-corrected chi connectivity index (χ2v) is 8.66. The summed E-state index contributed by atoms with van der Waals surface area (Å²) in [5, 5.41) is 15.3. The van der Waals surface area contributed by atoms with E-state index < -0.39 is 32.2 Å². The average Bonchev–Trinajstić information content (AvgIpc) is 2.80. The molecular formula is C22H30BFN5O3P. The van der Waals surface area contributed by atoms with Crippen molar-refractivity contribution in [2.75, 3.05) is 6.54 Å². The van der Waals surface area contributed by atoms with Crippen molar-refractivity contribution in [1.82, 2.24) is 15.7 Å². The molecule has 0 aliphatic rings. The van der Waals surface area contributed by atoms with Gasteiger partial charge in [0.2, 0.25) is 13.5 Å². The summed E-state index contributed by atoms with van der Waals surface area (Å²) in [7, 11) is -0.559. The van der Waals surface area contributed by atoms with E-state index in [1.165, 1.54) is 7.57 Å². The number of hydrogen-bond donors (Lipinski definition) is 5. The number of esters is 1. The minimum Gasteiger partial charge on any atom is -0.459 e. The first-order valence-electron chi connectivity index (χ1n) is 10.6. The van der Waals surface area contributed by atoms with Crippen LogP contribution in [0.2, 0.25) is 0 Å². The van der Waals surface area contributed by atoms with Gasteiger partial charge in [0.15, 0.2) is 5.96 Å². The van der Waals surface area contributed by atoms with Crippen molar-refractivity contribution in [3.8, 4) is 0 Å². The number of amides is 1. The molecule has 2 rings (SSSR count). The van der Waals surface area contributed by atoms with Crippen LogP contribution in [0.15, 0.2) is 60.7 Å². The lowest BCUT2D eigenvalue weighted by Crippen LogP contribution is -2.50. The van der Waals surface area contributed by atoms with Gasteiger partial charge in [-0.25, -0.2) is 8.99 Å². The van der Waals surface area contributed by atoms with Crippen LogP contribution in [0.5, 0.6) is 0 Å². The molecule has 2 aromatic carbocycles. The second-order valence-electron chi connectivity index (χ2n) is 7.48. The van der Waals surface area contributed by atoms with Crippen molar-refractivity contribution in [3.63, 3.8) is 0 Å². The minimum absolute atomic E-state index is 0.103. The number of nitrogens with one attached hydrogen (secondary N) is 4. The molecule has 0 spiro atoms. The third kappa shape index (κ3) is 10.5. The van der Waals surface area contributed by atoms with E-state index in [0.29, 0.717) is 19.4 Å². The van der Waals surface area contributed by atoms with E-state index in [1.54, 1.807) is 0 Å². The summed E-state index contributed by atoms with van der Waals surface area (Å²) in [6.07, 6.45) is 1.11. The van der Waals surface area contributed by atoms with Gasteiger partial charge in [0.05, 0.1) is 6.04 Å². The van der Waals surface area contributed by atoms with Gasteiger partial charge in [0.25, 0.3) is 0 Å². The van der Waals surface area contributed by atoms with Crippen molar-refractivity contribution in [2.24, 2.45) is 5.73 Å². The van der Waals surface area contributed by atoms with Gasteiger partial charge in [0, 0.05) is 13.0 Å². The summed E-state index contributed by atoms with van der Waals surface area (Å²) in [4.78, 5) is 25.4. The number of benzene rings is 2. The van der Waals surface area contributed by atoms with Crippen LogP contribution in [0.25, 0.3) is 0 Å². The molecule has 3 atom stereocenters. The molecule has 0 heterocycles. The van der Waals surface area contributed by atoms with Gasteiger partial charge in [0.1, 0.15) is 20.9 Å². The lowest BCUT2D eigenvalue weighted by molar-refractivity contribution is -0.149. The number of hydrogen-bond acceptors (Lipinski definition) is 5. The molecule has 1 amide bonds. The van der Waals surface area contributed by atoms with E-state index in [-0.39, 0.29) is 19.0 Å². The van der Waals surface area contributed by atoms with Gasteiger partial charge in [-0.15, -0.1) is 0 Å². The van der Waals surface area contributed by atoms with Crippen LogP contribution in [0.3, 0.4) is 0 Å². The van der Waals surface area contributed by atoms with Crippen LogP contribution >= 0.6 is 8.26 Å². The van der Waals surface area contributed by atoms with Crippen LogP contribution in [-0.2, 0) is 27.4 Å². The highest BCUT2D eigenvalue weighted by Crippen LogP contribution is 2.22. The Morgan fingerprint density at radius 3 is 2.30 bits per heavy atom. The molecule has 2 aromatic rings. The maximum absolute atomic E-state index is 12.9. The van der Waals surface area contributed by atoms with E-state index in [0.717, 1.165) is 11.1 Å². The van der Waals surface area contributed by atoms with Crippen molar-refractivity contribution in [3.05, 3.63) is 71.8 Å². The Balaban J connectivity index is 1.88. The highest BCUT2D eigenvalue weighted by molar-refractivity contribution is 7.76. The minimum atomic E-state index is -1.91. The largest absolute Gasteiger partial charge is 0.459 e. The number of ether oxygens (including phenoxy) is 1. The third-order valence-corrected chi connectivity index (χ3v) is 5.24. The predicted molar refractivity (Wildman–Crippen MR) is 131 cm³/mol. The zero-order chi connectivity index (χ0) is 24.1. The number of rotatable bonds is 12. The Hall–Kier alpha value is -2.97. The number of carbonyl (C=O) groups excluding carboxylic acids is 2. The number of nitrogens with two attached hydrogens (primary N) is 1. The Kier molecular flexibility index (Phi) is 11.3. The Morgan fingerprint density at radius 2 is 1.70 bits per heavy atom. The van der Waals surface area contributed by atoms with Crippen molar-refractivity contribution in [1.29, 1.82) is 5.41 Å².